The highest BCUT2D eigenvalue weighted by Gasteiger charge is 2.50. The van der Waals surface area contributed by atoms with Gasteiger partial charge in [-0.3, -0.25) is 9.59 Å². The van der Waals surface area contributed by atoms with Crippen LogP contribution in [-0.2, 0) is 25.7 Å². The van der Waals surface area contributed by atoms with Gasteiger partial charge in [0, 0.05) is 6.54 Å². The molecule has 31 heavy (non-hydrogen) atoms. The Morgan fingerprint density at radius 2 is 1.81 bits per heavy atom. The lowest BCUT2D eigenvalue weighted by molar-refractivity contribution is -0.175. The molecule has 0 bridgehead atoms. The summed E-state index contributed by atoms with van der Waals surface area (Å²) >= 11 is 0. The fourth-order valence-electron chi connectivity index (χ4n) is 3.73. The van der Waals surface area contributed by atoms with Gasteiger partial charge in [0.05, 0.1) is 24.6 Å². The summed E-state index contributed by atoms with van der Waals surface area (Å²) in [5.41, 5.74) is 0.735. The maximum absolute atomic E-state index is 12.8. The van der Waals surface area contributed by atoms with Crippen molar-refractivity contribution in [1.29, 1.82) is 0 Å². The zero-order valence-corrected chi connectivity index (χ0v) is 17.6. The molecule has 2 rings (SSSR count). The molecule has 1 aliphatic heterocycles. The third kappa shape index (κ3) is 6.35. The van der Waals surface area contributed by atoms with Crippen molar-refractivity contribution < 1.29 is 37.0 Å². The zero-order chi connectivity index (χ0) is 23.2. The van der Waals surface area contributed by atoms with Crippen LogP contribution in [-0.4, -0.2) is 54.3 Å². The van der Waals surface area contributed by atoms with Crippen LogP contribution in [0.4, 0.5) is 18.0 Å². The van der Waals surface area contributed by atoms with Crippen LogP contribution in [0.2, 0.25) is 0 Å². The molecular weight excluding hydrogens is 417 g/mol. The van der Waals surface area contributed by atoms with E-state index in [2.05, 4.69) is 0 Å². The second-order valence-corrected chi connectivity index (χ2v) is 7.61. The van der Waals surface area contributed by atoms with Gasteiger partial charge in [0.15, 0.2) is 0 Å². The van der Waals surface area contributed by atoms with E-state index in [9.17, 15) is 27.6 Å². The Hall–Kier alpha value is -2.78. The second-order valence-electron chi connectivity index (χ2n) is 7.61. The lowest BCUT2D eigenvalue weighted by atomic mass is 9.84. The molecule has 1 aliphatic rings. The molecule has 0 radical (unpaired) electrons. The SMILES string of the molecule is CCOC(=O)[C@H](C(C)C)[C@@H]1[C@@H](NC(=O)C(F)(F)F)CCN1C(=O)OCc1ccccc1. The Morgan fingerprint density at radius 1 is 1.16 bits per heavy atom. The molecule has 1 fully saturated rings. The number of rotatable bonds is 7. The van der Waals surface area contributed by atoms with Gasteiger partial charge in [0.2, 0.25) is 0 Å². The molecule has 3 atom stereocenters. The number of benzene rings is 1. The van der Waals surface area contributed by atoms with Gasteiger partial charge in [0.1, 0.15) is 6.61 Å². The molecule has 2 amide bonds. The summed E-state index contributed by atoms with van der Waals surface area (Å²) in [4.78, 5) is 38.2. The summed E-state index contributed by atoms with van der Waals surface area (Å²) in [6.07, 6.45) is -5.80. The molecule has 0 aromatic heterocycles. The molecule has 0 unspecified atom stereocenters. The second kappa shape index (κ2) is 10.5. The molecule has 1 aromatic carbocycles. The molecular formula is C21H27F3N2O5. The fourth-order valence-corrected chi connectivity index (χ4v) is 3.73. The van der Waals surface area contributed by atoms with Gasteiger partial charge >= 0.3 is 24.1 Å². The Bertz CT molecular complexity index is 770. The van der Waals surface area contributed by atoms with Crippen LogP contribution in [0.5, 0.6) is 0 Å². The van der Waals surface area contributed by atoms with Gasteiger partial charge in [-0.25, -0.2) is 4.79 Å². The minimum atomic E-state index is -5.08. The smallest absolute Gasteiger partial charge is 0.466 e. The van der Waals surface area contributed by atoms with E-state index in [-0.39, 0.29) is 32.1 Å². The van der Waals surface area contributed by atoms with Crippen molar-refractivity contribution in [2.45, 2.75) is 52.1 Å². The van der Waals surface area contributed by atoms with E-state index >= 15 is 0 Å². The largest absolute Gasteiger partial charge is 0.471 e. The van der Waals surface area contributed by atoms with E-state index < -0.39 is 42.1 Å². The van der Waals surface area contributed by atoms with E-state index in [4.69, 9.17) is 9.47 Å². The normalized spacial score (nSPS) is 19.8. The number of esters is 1. The first-order valence-electron chi connectivity index (χ1n) is 10.1. The van der Waals surface area contributed by atoms with Crippen LogP contribution in [0.15, 0.2) is 30.3 Å². The van der Waals surface area contributed by atoms with Gasteiger partial charge in [-0.05, 0) is 24.8 Å². The molecule has 1 heterocycles. The van der Waals surface area contributed by atoms with E-state index in [0.717, 1.165) is 5.56 Å². The number of halogens is 3. The predicted octanol–water partition coefficient (Wildman–Crippen LogP) is 3.28. The number of nitrogens with zero attached hydrogens (tertiary/aromatic N) is 1. The molecule has 10 heteroatoms. The van der Waals surface area contributed by atoms with Crippen LogP contribution >= 0.6 is 0 Å². The molecule has 1 aromatic rings. The molecule has 7 nitrogen and oxygen atoms in total. The van der Waals surface area contributed by atoms with Crippen LogP contribution in [0, 0.1) is 11.8 Å². The highest BCUT2D eigenvalue weighted by atomic mass is 19.4. The minimum absolute atomic E-state index is 0.0315. The van der Waals surface area contributed by atoms with Crippen molar-refractivity contribution in [3.8, 4) is 0 Å². The minimum Gasteiger partial charge on any atom is -0.466 e. The van der Waals surface area contributed by atoms with Crippen molar-refractivity contribution in [1.82, 2.24) is 10.2 Å². The predicted molar refractivity (Wildman–Crippen MR) is 105 cm³/mol. The standard InChI is InChI=1S/C21H27F3N2O5/c1-4-30-18(27)16(13(2)3)17-15(25-19(28)21(22,23)24)10-11-26(17)20(29)31-12-14-8-6-5-7-9-14/h5-9,13,15-17H,4,10-12H2,1-3H3,(H,25,28)/t15-,16+,17-/m0/s1. The number of ether oxygens (including phenoxy) is 2. The van der Waals surface area contributed by atoms with Crippen LogP contribution < -0.4 is 5.32 Å². The zero-order valence-electron chi connectivity index (χ0n) is 17.6. The third-order valence-corrected chi connectivity index (χ3v) is 5.11. The Morgan fingerprint density at radius 3 is 2.35 bits per heavy atom. The maximum atomic E-state index is 12.8. The molecule has 1 N–H and O–H groups in total. The summed E-state index contributed by atoms with van der Waals surface area (Å²) in [7, 11) is 0. The van der Waals surface area contributed by atoms with Crippen molar-refractivity contribution >= 4 is 18.0 Å². The third-order valence-electron chi connectivity index (χ3n) is 5.11. The van der Waals surface area contributed by atoms with E-state index in [0.29, 0.717) is 0 Å². The summed E-state index contributed by atoms with van der Waals surface area (Å²) in [5, 5.41) is 1.94. The first kappa shape index (κ1) is 24.5. The summed E-state index contributed by atoms with van der Waals surface area (Å²) < 4.78 is 48.9. The lowest BCUT2D eigenvalue weighted by Gasteiger charge is -2.35. The summed E-state index contributed by atoms with van der Waals surface area (Å²) in [5.74, 6) is -4.06. The van der Waals surface area contributed by atoms with Crippen LogP contribution in [0.1, 0.15) is 32.8 Å². The summed E-state index contributed by atoms with van der Waals surface area (Å²) in [6, 6.07) is 6.78. The van der Waals surface area contributed by atoms with E-state index in [1.54, 1.807) is 45.0 Å². The highest BCUT2D eigenvalue weighted by molar-refractivity contribution is 5.83. The van der Waals surface area contributed by atoms with Crippen LogP contribution in [0.3, 0.4) is 0 Å². The number of alkyl halides is 3. The number of carbonyl (C=O) groups is 3. The summed E-state index contributed by atoms with van der Waals surface area (Å²) in [6.45, 7) is 5.09. The number of carbonyl (C=O) groups excluding carboxylic acids is 3. The number of amides is 2. The maximum Gasteiger partial charge on any atom is 0.471 e. The van der Waals surface area contributed by atoms with E-state index in [1.807, 2.05) is 11.4 Å². The number of hydrogen-bond acceptors (Lipinski definition) is 5. The van der Waals surface area contributed by atoms with Gasteiger partial charge in [0.25, 0.3) is 0 Å². The lowest BCUT2D eigenvalue weighted by Crippen LogP contribution is -2.55. The molecule has 1 saturated heterocycles. The fraction of sp³-hybridized carbons (Fsp3) is 0.571. The number of hydrogen-bond donors (Lipinski definition) is 1. The van der Waals surface area contributed by atoms with Gasteiger partial charge in [-0.2, -0.15) is 13.2 Å². The van der Waals surface area contributed by atoms with Crippen molar-refractivity contribution in [3.63, 3.8) is 0 Å². The van der Waals surface area contributed by atoms with Crippen molar-refractivity contribution in [2.24, 2.45) is 11.8 Å². The van der Waals surface area contributed by atoms with E-state index in [1.165, 1.54) is 4.90 Å². The molecule has 0 spiro atoms. The topological polar surface area (TPSA) is 84.9 Å². The Balaban J connectivity index is 2.26. The van der Waals surface area contributed by atoms with Gasteiger partial charge in [-0.15, -0.1) is 0 Å². The average molecular weight is 444 g/mol. The average Bonchev–Trinajstić information content (AvgIpc) is 3.09. The van der Waals surface area contributed by atoms with Crippen LogP contribution in [0.25, 0.3) is 0 Å². The molecule has 172 valence electrons. The van der Waals surface area contributed by atoms with Gasteiger partial charge < -0.3 is 19.7 Å². The number of likely N-dealkylation sites (tertiary alicyclic amines) is 1. The molecule has 0 aliphatic carbocycles. The first-order valence-corrected chi connectivity index (χ1v) is 10.1. The Labute approximate surface area is 178 Å². The Kier molecular flexibility index (Phi) is 8.29. The molecule has 0 saturated carbocycles. The van der Waals surface area contributed by atoms with Crippen molar-refractivity contribution in [2.75, 3.05) is 13.2 Å². The number of nitrogens with one attached hydrogen (secondary N) is 1. The highest BCUT2D eigenvalue weighted by Crippen LogP contribution is 2.32. The quantitative estimate of drug-likeness (QED) is 0.653. The van der Waals surface area contributed by atoms with Gasteiger partial charge in [-0.1, -0.05) is 44.2 Å². The van der Waals surface area contributed by atoms with Crippen molar-refractivity contribution in [3.05, 3.63) is 35.9 Å². The first-order chi connectivity index (χ1) is 14.6. The monoisotopic (exact) mass is 444 g/mol.